The highest BCUT2D eigenvalue weighted by atomic mass is 35.5. The van der Waals surface area contributed by atoms with E-state index in [-0.39, 0.29) is 5.28 Å². The van der Waals surface area contributed by atoms with E-state index in [1.165, 1.54) is 0 Å². The highest BCUT2D eigenvalue weighted by molar-refractivity contribution is 6.28. The van der Waals surface area contributed by atoms with Crippen molar-refractivity contribution in [2.24, 2.45) is 0 Å². The number of halogens is 1. The predicted octanol–water partition coefficient (Wildman–Crippen LogP) is 1.60. The first-order chi connectivity index (χ1) is 8.33. The topological polar surface area (TPSA) is 75.7 Å². The van der Waals surface area contributed by atoms with Crippen molar-refractivity contribution >= 4 is 28.5 Å². The number of fused-ring (bicyclic) bond motifs is 1. The number of rotatable bonds is 2. The van der Waals surface area contributed by atoms with Crippen LogP contribution >= 0.6 is 11.6 Å². The molecule has 0 radical (unpaired) electrons. The van der Waals surface area contributed by atoms with Crippen molar-refractivity contribution in [1.29, 1.82) is 0 Å². The van der Waals surface area contributed by atoms with E-state index >= 15 is 0 Å². The lowest BCUT2D eigenvalue weighted by atomic mass is 10.1. The van der Waals surface area contributed by atoms with Gasteiger partial charge in [-0.05, 0) is 24.4 Å². The molecule has 0 unspecified atom stereocenters. The van der Waals surface area contributed by atoms with Crippen LogP contribution in [0.5, 0.6) is 0 Å². The zero-order valence-electron chi connectivity index (χ0n) is 9.11. The molecule has 2 aromatic heterocycles. The summed E-state index contributed by atoms with van der Waals surface area (Å²) in [7, 11) is 0. The molecule has 3 heterocycles. The Labute approximate surface area is 103 Å². The van der Waals surface area contributed by atoms with Gasteiger partial charge in [0.05, 0.1) is 6.20 Å². The van der Waals surface area contributed by atoms with E-state index in [4.69, 9.17) is 16.3 Å². The number of hydrogen-bond acceptors (Lipinski definition) is 5. The summed E-state index contributed by atoms with van der Waals surface area (Å²) in [6.45, 7) is 1.56. The molecule has 0 amide bonds. The second-order valence-corrected chi connectivity index (χ2v) is 4.34. The van der Waals surface area contributed by atoms with Gasteiger partial charge in [0.1, 0.15) is 11.0 Å². The number of aromatic nitrogens is 4. The Kier molecular flexibility index (Phi) is 2.82. The Morgan fingerprint density at radius 2 is 2.18 bits per heavy atom. The Bertz CT molecular complexity index is 522. The van der Waals surface area contributed by atoms with Crippen LogP contribution in [0.25, 0.3) is 11.0 Å². The summed E-state index contributed by atoms with van der Waals surface area (Å²) in [5.41, 5.74) is 1.51. The lowest BCUT2D eigenvalue weighted by molar-refractivity contribution is 0.0904. The second-order valence-electron chi connectivity index (χ2n) is 4.00. The second kappa shape index (κ2) is 4.46. The van der Waals surface area contributed by atoms with Crippen LogP contribution in [-0.2, 0) is 4.74 Å². The zero-order chi connectivity index (χ0) is 11.7. The summed E-state index contributed by atoms with van der Waals surface area (Å²) in [4.78, 5) is 8.28. The normalized spacial score (nSPS) is 17.5. The SMILES string of the molecule is Clc1nc(NC2CCOCC2)c2[nH]ncc2n1. The van der Waals surface area contributed by atoms with Gasteiger partial charge in [-0.3, -0.25) is 5.10 Å². The number of ether oxygens (including phenoxy) is 1. The van der Waals surface area contributed by atoms with Crippen LogP contribution in [0.3, 0.4) is 0 Å². The van der Waals surface area contributed by atoms with Crippen molar-refractivity contribution < 1.29 is 4.74 Å². The molecule has 1 fully saturated rings. The van der Waals surface area contributed by atoms with Crippen LogP contribution in [0.15, 0.2) is 6.20 Å². The number of H-pyrrole nitrogens is 1. The molecule has 1 saturated heterocycles. The molecule has 2 N–H and O–H groups in total. The number of nitrogens with zero attached hydrogens (tertiary/aromatic N) is 3. The summed E-state index contributed by atoms with van der Waals surface area (Å²) in [6, 6.07) is 0.362. The lowest BCUT2D eigenvalue weighted by Gasteiger charge is -2.23. The standard InChI is InChI=1S/C10H12ClN5O/c11-10-14-7-5-12-16-8(7)9(15-10)13-6-1-3-17-4-2-6/h5-6H,1-4H2,(H,12,16)(H,13,14,15). The van der Waals surface area contributed by atoms with Gasteiger partial charge >= 0.3 is 0 Å². The summed E-state index contributed by atoms with van der Waals surface area (Å²) >= 11 is 5.87. The van der Waals surface area contributed by atoms with Crippen LogP contribution in [0, 0.1) is 0 Å². The first-order valence-corrected chi connectivity index (χ1v) is 5.91. The first-order valence-electron chi connectivity index (χ1n) is 5.54. The Hall–Kier alpha value is -1.40. The molecule has 2 aromatic rings. The smallest absolute Gasteiger partial charge is 0.225 e. The number of anilines is 1. The van der Waals surface area contributed by atoms with Crippen molar-refractivity contribution in [3.63, 3.8) is 0 Å². The van der Waals surface area contributed by atoms with Gasteiger partial charge in [0, 0.05) is 19.3 Å². The van der Waals surface area contributed by atoms with Crippen molar-refractivity contribution in [2.75, 3.05) is 18.5 Å². The summed E-state index contributed by atoms with van der Waals surface area (Å²) < 4.78 is 5.31. The molecule has 3 rings (SSSR count). The number of hydrogen-bond donors (Lipinski definition) is 2. The van der Waals surface area contributed by atoms with Crippen LogP contribution in [0.2, 0.25) is 5.28 Å². The van der Waals surface area contributed by atoms with Gasteiger partial charge < -0.3 is 10.1 Å². The predicted molar refractivity (Wildman–Crippen MR) is 64.2 cm³/mol. The molecule has 90 valence electrons. The fourth-order valence-corrected chi connectivity index (χ4v) is 2.13. The van der Waals surface area contributed by atoms with E-state index < -0.39 is 0 Å². The Morgan fingerprint density at radius 3 is 3.00 bits per heavy atom. The summed E-state index contributed by atoms with van der Waals surface area (Å²) in [5, 5.41) is 10.4. The molecule has 6 nitrogen and oxygen atoms in total. The average Bonchev–Trinajstić information content (AvgIpc) is 2.78. The molecule has 1 aliphatic heterocycles. The maximum Gasteiger partial charge on any atom is 0.225 e. The van der Waals surface area contributed by atoms with Gasteiger partial charge in [0.2, 0.25) is 5.28 Å². The van der Waals surface area contributed by atoms with Gasteiger partial charge in [0.15, 0.2) is 5.82 Å². The minimum Gasteiger partial charge on any atom is -0.381 e. The summed E-state index contributed by atoms with van der Waals surface area (Å²) in [6.07, 6.45) is 3.58. The number of aromatic amines is 1. The molecule has 0 aromatic carbocycles. The van der Waals surface area contributed by atoms with Gasteiger partial charge in [-0.25, -0.2) is 4.98 Å². The van der Waals surface area contributed by atoms with E-state index in [1.54, 1.807) is 6.20 Å². The van der Waals surface area contributed by atoms with Crippen molar-refractivity contribution in [1.82, 2.24) is 20.2 Å². The third-order valence-electron chi connectivity index (χ3n) is 2.84. The van der Waals surface area contributed by atoms with Gasteiger partial charge in [-0.15, -0.1) is 0 Å². The molecule has 0 bridgehead atoms. The van der Waals surface area contributed by atoms with Gasteiger partial charge in [-0.2, -0.15) is 10.1 Å². The molecule has 0 spiro atoms. The molecular weight excluding hydrogens is 242 g/mol. The Balaban J connectivity index is 1.90. The third kappa shape index (κ3) is 2.18. The van der Waals surface area contributed by atoms with Crippen LogP contribution in [0.1, 0.15) is 12.8 Å². The highest BCUT2D eigenvalue weighted by Crippen LogP contribution is 2.22. The van der Waals surface area contributed by atoms with E-state index in [9.17, 15) is 0 Å². The molecule has 17 heavy (non-hydrogen) atoms. The molecule has 0 saturated carbocycles. The maximum absolute atomic E-state index is 5.87. The fraction of sp³-hybridized carbons (Fsp3) is 0.500. The quantitative estimate of drug-likeness (QED) is 0.795. The molecular formula is C10H12ClN5O. The van der Waals surface area contributed by atoms with Crippen molar-refractivity contribution in [3.05, 3.63) is 11.5 Å². The molecule has 0 atom stereocenters. The average molecular weight is 254 g/mol. The molecule has 1 aliphatic rings. The zero-order valence-corrected chi connectivity index (χ0v) is 9.87. The maximum atomic E-state index is 5.87. The van der Waals surface area contributed by atoms with E-state index in [2.05, 4.69) is 25.5 Å². The van der Waals surface area contributed by atoms with E-state index in [0.29, 0.717) is 11.9 Å². The lowest BCUT2D eigenvalue weighted by Crippen LogP contribution is -2.28. The van der Waals surface area contributed by atoms with Gasteiger partial charge in [0.25, 0.3) is 0 Å². The van der Waals surface area contributed by atoms with Gasteiger partial charge in [-0.1, -0.05) is 0 Å². The van der Waals surface area contributed by atoms with Crippen LogP contribution < -0.4 is 5.32 Å². The third-order valence-corrected chi connectivity index (χ3v) is 3.00. The fourth-order valence-electron chi connectivity index (χ4n) is 1.95. The van der Waals surface area contributed by atoms with E-state index in [0.717, 1.165) is 37.1 Å². The number of nitrogens with one attached hydrogen (secondary N) is 2. The Morgan fingerprint density at radius 1 is 1.35 bits per heavy atom. The molecule has 0 aliphatic carbocycles. The minimum absolute atomic E-state index is 0.230. The first kappa shape index (κ1) is 10.7. The van der Waals surface area contributed by atoms with E-state index in [1.807, 2.05) is 0 Å². The molecule has 7 heteroatoms. The minimum atomic E-state index is 0.230. The monoisotopic (exact) mass is 253 g/mol. The largest absolute Gasteiger partial charge is 0.381 e. The highest BCUT2D eigenvalue weighted by Gasteiger charge is 2.16. The van der Waals surface area contributed by atoms with Crippen molar-refractivity contribution in [2.45, 2.75) is 18.9 Å². The van der Waals surface area contributed by atoms with Crippen LogP contribution in [-0.4, -0.2) is 39.4 Å². The summed E-state index contributed by atoms with van der Waals surface area (Å²) in [5.74, 6) is 0.712. The van der Waals surface area contributed by atoms with Crippen LogP contribution in [0.4, 0.5) is 5.82 Å². The van der Waals surface area contributed by atoms with Crippen molar-refractivity contribution in [3.8, 4) is 0 Å².